The van der Waals surface area contributed by atoms with Gasteiger partial charge in [0.05, 0.1) is 12.1 Å². The fourth-order valence-corrected chi connectivity index (χ4v) is 1.60. The number of sulfone groups is 1. The minimum absolute atomic E-state index is 0.00206. The Labute approximate surface area is 88.2 Å². The molecule has 0 aliphatic rings. The van der Waals surface area contributed by atoms with E-state index in [2.05, 4.69) is 10.3 Å². The van der Waals surface area contributed by atoms with E-state index in [0.29, 0.717) is 5.69 Å². The van der Waals surface area contributed by atoms with Crippen molar-refractivity contribution in [1.82, 2.24) is 15.0 Å². The molecule has 15 heavy (non-hydrogen) atoms. The molecule has 6 nitrogen and oxygen atoms in total. The first-order chi connectivity index (χ1) is 6.80. The molecule has 0 saturated carbocycles. The number of rotatable bonds is 4. The predicted molar refractivity (Wildman–Crippen MR) is 54.0 cm³/mol. The average Bonchev–Trinajstić information content (AvgIpc) is 2.48. The molecule has 0 saturated heterocycles. The summed E-state index contributed by atoms with van der Waals surface area (Å²) in [5.41, 5.74) is 0.484. The van der Waals surface area contributed by atoms with E-state index in [9.17, 15) is 13.2 Å². The second-order valence-corrected chi connectivity index (χ2v) is 5.86. The molecule has 0 aromatic carbocycles. The van der Waals surface area contributed by atoms with E-state index in [-0.39, 0.29) is 12.2 Å². The summed E-state index contributed by atoms with van der Waals surface area (Å²) in [6.45, 7) is 1.38. The van der Waals surface area contributed by atoms with Crippen LogP contribution >= 0.6 is 0 Å². The molecular formula is C8H13N3O3S. The SMILES string of the molecule is CC(C(=O)Cc1cn(C)nn1)S(C)(=O)=O. The van der Waals surface area contributed by atoms with Crippen LogP contribution in [0.5, 0.6) is 0 Å². The largest absolute Gasteiger partial charge is 0.298 e. The first kappa shape index (κ1) is 11.8. The maximum atomic E-state index is 11.5. The molecule has 7 heteroatoms. The molecule has 0 radical (unpaired) electrons. The third kappa shape index (κ3) is 3.12. The number of Topliss-reactive ketones (excluding diaryl/α,β-unsaturated/α-hetero) is 1. The number of nitrogens with zero attached hydrogens (tertiary/aromatic N) is 3. The molecule has 1 aromatic heterocycles. The van der Waals surface area contributed by atoms with Gasteiger partial charge in [-0.05, 0) is 6.92 Å². The quantitative estimate of drug-likeness (QED) is 0.688. The van der Waals surface area contributed by atoms with Crippen LogP contribution in [0.15, 0.2) is 6.20 Å². The van der Waals surface area contributed by atoms with Crippen molar-refractivity contribution >= 4 is 15.6 Å². The van der Waals surface area contributed by atoms with Crippen molar-refractivity contribution in [3.63, 3.8) is 0 Å². The van der Waals surface area contributed by atoms with Gasteiger partial charge in [-0.25, -0.2) is 8.42 Å². The van der Waals surface area contributed by atoms with Gasteiger partial charge in [0.25, 0.3) is 0 Å². The Kier molecular flexibility index (Phi) is 3.23. The van der Waals surface area contributed by atoms with Gasteiger partial charge in [-0.15, -0.1) is 5.10 Å². The van der Waals surface area contributed by atoms with Crippen LogP contribution in [0.3, 0.4) is 0 Å². The third-order valence-corrected chi connectivity index (χ3v) is 3.65. The topological polar surface area (TPSA) is 81.9 Å². The lowest BCUT2D eigenvalue weighted by Crippen LogP contribution is -2.27. The van der Waals surface area contributed by atoms with Gasteiger partial charge in [0.1, 0.15) is 5.25 Å². The fraction of sp³-hybridized carbons (Fsp3) is 0.625. The van der Waals surface area contributed by atoms with Crippen LogP contribution in [0.2, 0.25) is 0 Å². The van der Waals surface area contributed by atoms with E-state index in [4.69, 9.17) is 0 Å². The monoisotopic (exact) mass is 231 g/mol. The maximum Gasteiger partial charge on any atom is 0.157 e. The van der Waals surface area contributed by atoms with Crippen LogP contribution in [-0.2, 0) is 28.1 Å². The van der Waals surface area contributed by atoms with Crippen molar-refractivity contribution in [2.45, 2.75) is 18.6 Å². The summed E-state index contributed by atoms with van der Waals surface area (Å²) in [6, 6.07) is 0. The Balaban J connectivity index is 2.72. The zero-order chi connectivity index (χ0) is 11.6. The van der Waals surface area contributed by atoms with Crippen LogP contribution < -0.4 is 0 Å². The molecule has 0 aliphatic heterocycles. The molecule has 1 aromatic rings. The van der Waals surface area contributed by atoms with E-state index in [1.807, 2.05) is 0 Å². The lowest BCUT2D eigenvalue weighted by Gasteiger charge is -2.05. The fourth-order valence-electron chi connectivity index (χ4n) is 1.04. The van der Waals surface area contributed by atoms with Gasteiger partial charge >= 0.3 is 0 Å². The molecule has 0 spiro atoms. The van der Waals surface area contributed by atoms with Gasteiger partial charge < -0.3 is 0 Å². The smallest absolute Gasteiger partial charge is 0.157 e. The Morgan fingerprint density at radius 2 is 2.20 bits per heavy atom. The van der Waals surface area contributed by atoms with Gasteiger partial charge in [0.2, 0.25) is 0 Å². The average molecular weight is 231 g/mol. The van der Waals surface area contributed by atoms with Gasteiger partial charge in [0.15, 0.2) is 15.6 Å². The van der Waals surface area contributed by atoms with Crippen molar-refractivity contribution in [3.05, 3.63) is 11.9 Å². The summed E-state index contributed by atoms with van der Waals surface area (Å²) >= 11 is 0. The van der Waals surface area contributed by atoms with E-state index in [0.717, 1.165) is 6.26 Å². The van der Waals surface area contributed by atoms with Crippen molar-refractivity contribution in [2.24, 2.45) is 7.05 Å². The summed E-state index contributed by atoms with van der Waals surface area (Å²) in [7, 11) is -1.64. The normalized spacial score (nSPS) is 13.8. The Morgan fingerprint density at radius 3 is 2.60 bits per heavy atom. The number of carbonyl (C=O) groups is 1. The molecule has 0 aliphatic carbocycles. The van der Waals surface area contributed by atoms with Gasteiger partial charge in [-0.2, -0.15) is 0 Å². The van der Waals surface area contributed by atoms with Crippen LogP contribution in [-0.4, -0.2) is 40.7 Å². The maximum absolute atomic E-state index is 11.5. The van der Waals surface area contributed by atoms with Crippen molar-refractivity contribution < 1.29 is 13.2 Å². The van der Waals surface area contributed by atoms with E-state index in [1.54, 1.807) is 13.2 Å². The molecule has 84 valence electrons. The number of aryl methyl sites for hydroxylation is 1. The summed E-state index contributed by atoms with van der Waals surface area (Å²) in [4.78, 5) is 11.5. The number of ketones is 1. The lowest BCUT2D eigenvalue weighted by atomic mass is 10.2. The van der Waals surface area contributed by atoms with Crippen molar-refractivity contribution in [1.29, 1.82) is 0 Å². The zero-order valence-electron chi connectivity index (χ0n) is 8.84. The Bertz CT molecular complexity index is 463. The summed E-state index contributed by atoms with van der Waals surface area (Å²) < 4.78 is 23.7. The molecule has 1 unspecified atom stereocenters. The van der Waals surface area contributed by atoms with E-state index in [1.165, 1.54) is 11.6 Å². The van der Waals surface area contributed by atoms with Gasteiger partial charge in [0, 0.05) is 19.5 Å². The number of hydrogen-bond donors (Lipinski definition) is 0. The molecule has 1 heterocycles. The van der Waals surface area contributed by atoms with Crippen LogP contribution in [0.1, 0.15) is 12.6 Å². The van der Waals surface area contributed by atoms with Crippen LogP contribution in [0, 0.1) is 0 Å². The molecule has 0 fully saturated rings. The highest BCUT2D eigenvalue weighted by Gasteiger charge is 2.24. The molecular weight excluding hydrogens is 218 g/mol. The Hall–Kier alpha value is -1.24. The van der Waals surface area contributed by atoms with Crippen molar-refractivity contribution in [2.75, 3.05) is 6.26 Å². The minimum atomic E-state index is -3.32. The standard InChI is InChI=1S/C8H13N3O3S/c1-6(15(3,13)14)8(12)4-7-5-11(2)10-9-7/h5-6H,4H2,1-3H3. The predicted octanol–water partition coefficient (Wildman–Crippen LogP) is -0.640. The van der Waals surface area contributed by atoms with E-state index >= 15 is 0 Å². The lowest BCUT2D eigenvalue weighted by molar-refractivity contribution is -0.117. The van der Waals surface area contributed by atoms with Gasteiger partial charge in [-0.3, -0.25) is 9.48 Å². The molecule has 0 bridgehead atoms. The molecule has 1 atom stereocenters. The third-order valence-electron chi connectivity index (χ3n) is 2.10. The molecule has 0 N–H and O–H groups in total. The van der Waals surface area contributed by atoms with Gasteiger partial charge in [-0.1, -0.05) is 5.21 Å². The molecule has 0 amide bonds. The second-order valence-electron chi connectivity index (χ2n) is 3.50. The highest BCUT2D eigenvalue weighted by Crippen LogP contribution is 2.04. The highest BCUT2D eigenvalue weighted by molar-refractivity contribution is 7.92. The highest BCUT2D eigenvalue weighted by atomic mass is 32.2. The van der Waals surface area contributed by atoms with E-state index < -0.39 is 15.1 Å². The summed E-state index contributed by atoms with van der Waals surface area (Å²) in [5.74, 6) is -0.363. The zero-order valence-corrected chi connectivity index (χ0v) is 9.65. The molecule has 1 rings (SSSR count). The Morgan fingerprint density at radius 1 is 1.60 bits per heavy atom. The van der Waals surface area contributed by atoms with Crippen LogP contribution in [0.25, 0.3) is 0 Å². The van der Waals surface area contributed by atoms with Crippen LogP contribution in [0.4, 0.5) is 0 Å². The first-order valence-electron chi connectivity index (χ1n) is 4.37. The summed E-state index contributed by atoms with van der Waals surface area (Å²) in [5, 5.41) is 6.39. The summed E-state index contributed by atoms with van der Waals surface area (Å²) in [6.07, 6.45) is 2.64. The number of carbonyl (C=O) groups excluding carboxylic acids is 1. The first-order valence-corrected chi connectivity index (χ1v) is 6.33. The number of aromatic nitrogens is 3. The van der Waals surface area contributed by atoms with Crippen molar-refractivity contribution in [3.8, 4) is 0 Å². The second kappa shape index (κ2) is 4.09. The minimum Gasteiger partial charge on any atom is -0.298 e. The number of hydrogen-bond acceptors (Lipinski definition) is 5.